The van der Waals surface area contributed by atoms with Crippen LogP contribution >= 0.6 is 0 Å². The molecule has 0 aromatic rings. The Morgan fingerprint density at radius 2 is 2.40 bits per heavy atom. The van der Waals surface area contributed by atoms with Gasteiger partial charge in [-0.05, 0) is 18.8 Å². The first-order valence-corrected chi connectivity index (χ1v) is 4.02. The fourth-order valence-electron chi connectivity index (χ4n) is 1.51. The van der Waals surface area contributed by atoms with E-state index in [1.165, 1.54) is 6.42 Å². The average molecular weight is 141 g/mol. The molecule has 0 amide bonds. The van der Waals surface area contributed by atoms with Crippen molar-refractivity contribution in [2.24, 2.45) is 11.7 Å². The lowest BCUT2D eigenvalue weighted by molar-refractivity contribution is -0.122. The van der Waals surface area contributed by atoms with Crippen molar-refractivity contribution in [1.29, 1.82) is 0 Å². The van der Waals surface area contributed by atoms with Gasteiger partial charge in [-0.1, -0.05) is 13.3 Å². The Kier molecular flexibility index (Phi) is 2.44. The summed E-state index contributed by atoms with van der Waals surface area (Å²) in [5.74, 6) is 0.956. The van der Waals surface area contributed by atoms with Crippen LogP contribution in [-0.2, 0) is 4.79 Å². The summed E-state index contributed by atoms with van der Waals surface area (Å²) < 4.78 is 0. The largest absolute Gasteiger partial charge is 0.322 e. The van der Waals surface area contributed by atoms with Crippen LogP contribution in [0.2, 0.25) is 0 Å². The van der Waals surface area contributed by atoms with Crippen molar-refractivity contribution in [2.45, 2.75) is 38.6 Å². The average Bonchev–Trinajstić information content (AvgIpc) is 1.95. The molecular weight excluding hydrogens is 126 g/mol. The maximum atomic E-state index is 10.9. The smallest absolute Gasteiger partial charge is 0.149 e. The third kappa shape index (κ3) is 1.57. The van der Waals surface area contributed by atoms with E-state index in [0.717, 1.165) is 12.8 Å². The van der Waals surface area contributed by atoms with Crippen LogP contribution in [0.25, 0.3) is 0 Å². The minimum Gasteiger partial charge on any atom is -0.322 e. The second kappa shape index (κ2) is 3.15. The molecule has 0 bridgehead atoms. The number of ketones is 1. The summed E-state index contributed by atoms with van der Waals surface area (Å²) in [7, 11) is 0. The van der Waals surface area contributed by atoms with Gasteiger partial charge in [0, 0.05) is 6.42 Å². The van der Waals surface area contributed by atoms with Gasteiger partial charge in [-0.25, -0.2) is 0 Å². The molecule has 1 aliphatic rings. The molecule has 1 aliphatic carbocycles. The van der Waals surface area contributed by atoms with Crippen molar-refractivity contribution >= 4 is 5.78 Å². The fraction of sp³-hybridized carbons (Fsp3) is 0.875. The molecule has 2 heteroatoms. The minimum absolute atomic E-state index is 0.154. The maximum absolute atomic E-state index is 10.9. The molecule has 2 N–H and O–H groups in total. The molecule has 0 heterocycles. The van der Waals surface area contributed by atoms with Crippen LogP contribution < -0.4 is 5.73 Å². The molecule has 0 radical (unpaired) electrons. The Morgan fingerprint density at radius 3 is 2.90 bits per heavy atom. The zero-order valence-corrected chi connectivity index (χ0v) is 6.47. The van der Waals surface area contributed by atoms with E-state index in [-0.39, 0.29) is 11.8 Å². The van der Waals surface area contributed by atoms with Gasteiger partial charge in [0.1, 0.15) is 5.78 Å². The molecule has 0 aromatic heterocycles. The maximum Gasteiger partial charge on any atom is 0.149 e. The van der Waals surface area contributed by atoms with Gasteiger partial charge in [0.2, 0.25) is 0 Å². The lowest BCUT2D eigenvalue weighted by atomic mass is 9.84. The Bertz CT molecular complexity index is 133. The van der Waals surface area contributed by atoms with Gasteiger partial charge < -0.3 is 5.73 Å². The summed E-state index contributed by atoms with van der Waals surface area (Å²) in [4.78, 5) is 10.9. The Labute approximate surface area is 61.8 Å². The van der Waals surface area contributed by atoms with E-state index in [4.69, 9.17) is 5.73 Å². The SMILES string of the molecule is CC[C@H]1CCC(=O)[C@@H](N)C1. The van der Waals surface area contributed by atoms with Gasteiger partial charge in [-0.15, -0.1) is 0 Å². The summed E-state index contributed by atoms with van der Waals surface area (Å²) in [6.07, 6.45) is 3.85. The monoisotopic (exact) mass is 141 g/mol. The van der Waals surface area contributed by atoms with Crippen molar-refractivity contribution in [2.75, 3.05) is 0 Å². The molecule has 58 valence electrons. The van der Waals surface area contributed by atoms with Gasteiger partial charge in [-0.3, -0.25) is 4.79 Å². The van der Waals surface area contributed by atoms with Gasteiger partial charge in [0.25, 0.3) is 0 Å². The van der Waals surface area contributed by atoms with Crippen LogP contribution in [0.1, 0.15) is 32.6 Å². The fourth-order valence-corrected chi connectivity index (χ4v) is 1.51. The summed E-state index contributed by atoms with van der Waals surface area (Å²) in [6.45, 7) is 2.16. The lowest BCUT2D eigenvalue weighted by Crippen LogP contribution is -2.36. The number of carbonyl (C=O) groups excluding carboxylic acids is 1. The van der Waals surface area contributed by atoms with Crippen molar-refractivity contribution in [3.8, 4) is 0 Å². The predicted octanol–water partition coefficient (Wildman–Crippen LogP) is 1.09. The van der Waals surface area contributed by atoms with E-state index in [2.05, 4.69) is 6.92 Å². The zero-order chi connectivity index (χ0) is 7.56. The lowest BCUT2D eigenvalue weighted by Gasteiger charge is -2.24. The number of hydrogen-bond acceptors (Lipinski definition) is 2. The molecule has 0 spiro atoms. The third-order valence-electron chi connectivity index (χ3n) is 2.38. The van der Waals surface area contributed by atoms with E-state index in [0.29, 0.717) is 12.3 Å². The third-order valence-corrected chi connectivity index (χ3v) is 2.38. The van der Waals surface area contributed by atoms with E-state index < -0.39 is 0 Å². The quantitative estimate of drug-likeness (QED) is 0.594. The summed E-state index contributed by atoms with van der Waals surface area (Å²) >= 11 is 0. The van der Waals surface area contributed by atoms with E-state index in [1.807, 2.05) is 0 Å². The Balaban J connectivity index is 2.40. The number of nitrogens with two attached hydrogens (primary N) is 1. The standard InChI is InChI=1S/C8H15NO/c1-2-6-3-4-8(10)7(9)5-6/h6-7H,2-5,9H2,1H3/t6-,7-/m0/s1. The second-order valence-electron chi connectivity index (χ2n) is 3.12. The Hall–Kier alpha value is -0.370. The van der Waals surface area contributed by atoms with Crippen LogP contribution in [-0.4, -0.2) is 11.8 Å². The number of Topliss-reactive ketones (excluding diaryl/α,β-unsaturated/α-hetero) is 1. The van der Waals surface area contributed by atoms with Gasteiger partial charge in [0.05, 0.1) is 6.04 Å². The molecule has 0 aromatic carbocycles. The van der Waals surface area contributed by atoms with Gasteiger partial charge >= 0.3 is 0 Å². The zero-order valence-electron chi connectivity index (χ0n) is 6.47. The highest BCUT2D eigenvalue weighted by Gasteiger charge is 2.24. The Morgan fingerprint density at radius 1 is 1.70 bits per heavy atom. The summed E-state index contributed by atoms with van der Waals surface area (Å²) in [5, 5.41) is 0. The van der Waals surface area contributed by atoms with Crippen molar-refractivity contribution < 1.29 is 4.79 Å². The molecular formula is C8H15NO. The molecule has 2 atom stereocenters. The molecule has 0 unspecified atom stereocenters. The number of carbonyl (C=O) groups is 1. The molecule has 0 aliphatic heterocycles. The molecule has 1 fully saturated rings. The number of hydrogen-bond donors (Lipinski definition) is 1. The highest BCUT2D eigenvalue weighted by atomic mass is 16.1. The van der Waals surface area contributed by atoms with Crippen LogP contribution in [0.15, 0.2) is 0 Å². The topological polar surface area (TPSA) is 43.1 Å². The van der Waals surface area contributed by atoms with Crippen LogP contribution in [0.5, 0.6) is 0 Å². The first kappa shape index (κ1) is 7.73. The number of rotatable bonds is 1. The van der Waals surface area contributed by atoms with E-state index >= 15 is 0 Å². The predicted molar refractivity (Wildman–Crippen MR) is 40.6 cm³/mol. The highest BCUT2D eigenvalue weighted by Crippen LogP contribution is 2.22. The molecule has 0 saturated heterocycles. The van der Waals surface area contributed by atoms with Gasteiger partial charge in [0.15, 0.2) is 0 Å². The van der Waals surface area contributed by atoms with E-state index in [9.17, 15) is 4.79 Å². The summed E-state index contributed by atoms with van der Waals surface area (Å²) in [5.41, 5.74) is 5.59. The second-order valence-corrected chi connectivity index (χ2v) is 3.12. The minimum atomic E-state index is -0.154. The normalized spacial score (nSPS) is 34.4. The highest BCUT2D eigenvalue weighted by molar-refractivity contribution is 5.84. The molecule has 1 rings (SSSR count). The molecule has 10 heavy (non-hydrogen) atoms. The van der Waals surface area contributed by atoms with Crippen LogP contribution in [0.4, 0.5) is 0 Å². The van der Waals surface area contributed by atoms with Crippen molar-refractivity contribution in [3.63, 3.8) is 0 Å². The van der Waals surface area contributed by atoms with E-state index in [1.54, 1.807) is 0 Å². The van der Waals surface area contributed by atoms with Crippen LogP contribution in [0, 0.1) is 5.92 Å². The summed E-state index contributed by atoms with van der Waals surface area (Å²) in [6, 6.07) is -0.154. The molecule has 1 saturated carbocycles. The molecule has 2 nitrogen and oxygen atoms in total. The first-order chi connectivity index (χ1) is 4.74. The van der Waals surface area contributed by atoms with Gasteiger partial charge in [-0.2, -0.15) is 0 Å². The van der Waals surface area contributed by atoms with Crippen LogP contribution in [0.3, 0.4) is 0 Å². The van der Waals surface area contributed by atoms with Crippen molar-refractivity contribution in [3.05, 3.63) is 0 Å². The van der Waals surface area contributed by atoms with Crippen molar-refractivity contribution in [1.82, 2.24) is 0 Å². The first-order valence-electron chi connectivity index (χ1n) is 4.02.